The van der Waals surface area contributed by atoms with E-state index in [1.54, 1.807) is 22.3 Å². The van der Waals surface area contributed by atoms with Crippen molar-refractivity contribution in [2.45, 2.75) is 67.7 Å². The van der Waals surface area contributed by atoms with Gasteiger partial charge in [-0.3, -0.25) is 0 Å². The summed E-state index contributed by atoms with van der Waals surface area (Å²) >= 11 is 0. The molecule has 0 heteroatoms. The molecule has 2 aromatic carbocycles. The van der Waals surface area contributed by atoms with Gasteiger partial charge in [0.1, 0.15) is 0 Å². The average molecular weight is 306 g/mol. The first-order valence-corrected chi connectivity index (χ1v) is 8.93. The molecule has 0 saturated carbocycles. The molecule has 0 aromatic heterocycles. The normalized spacial score (nSPS) is 14.1. The molecule has 0 heterocycles. The van der Waals surface area contributed by atoms with Crippen molar-refractivity contribution >= 4 is 0 Å². The van der Waals surface area contributed by atoms with Gasteiger partial charge in [-0.2, -0.15) is 0 Å². The van der Waals surface area contributed by atoms with Crippen molar-refractivity contribution in [3.63, 3.8) is 0 Å². The molecule has 2 aromatic rings. The van der Waals surface area contributed by atoms with Gasteiger partial charge < -0.3 is 0 Å². The van der Waals surface area contributed by atoms with Gasteiger partial charge in [0, 0.05) is 5.92 Å². The van der Waals surface area contributed by atoms with Crippen LogP contribution in [0.15, 0.2) is 12.1 Å². The first-order valence-electron chi connectivity index (χ1n) is 8.93. The van der Waals surface area contributed by atoms with E-state index in [1.165, 1.54) is 33.4 Å². The van der Waals surface area contributed by atoms with E-state index < -0.39 is 0 Å². The Bertz CT molecular complexity index is 727. The molecule has 0 saturated heterocycles. The third kappa shape index (κ3) is 2.35. The van der Waals surface area contributed by atoms with Crippen molar-refractivity contribution in [1.29, 1.82) is 0 Å². The molecule has 0 radical (unpaired) electrons. The fraction of sp³-hybridized carbons (Fsp3) is 0.478. The van der Waals surface area contributed by atoms with Crippen molar-refractivity contribution in [3.8, 4) is 0 Å². The van der Waals surface area contributed by atoms with Crippen LogP contribution < -0.4 is 0 Å². The second kappa shape index (κ2) is 5.51. The molecule has 1 aliphatic rings. The van der Waals surface area contributed by atoms with Gasteiger partial charge >= 0.3 is 0 Å². The van der Waals surface area contributed by atoms with Crippen LogP contribution in [0.5, 0.6) is 0 Å². The molecule has 0 nitrogen and oxygen atoms in total. The molecule has 0 N–H and O–H groups in total. The minimum atomic E-state index is 0.532. The number of benzene rings is 2. The Balaban J connectivity index is 2.35. The van der Waals surface area contributed by atoms with Crippen LogP contribution in [-0.4, -0.2) is 0 Å². The third-order valence-corrected chi connectivity index (χ3v) is 6.34. The van der Waals surface area contributed by atoms with Crippen molar-refractivity contribution in [2.75, 3.05) is 0 Å². The van der Waals surface area contributed by atoms with Crippen LogP contribution in [0.4, 0.5) is 0 Å². The Hall–Kier alpha value is -1.56. The molecule has 0 atom stereocenters. The van der Waals surface area contributed by atoms with Crippen LogP contribution in [0.3, 0.4) is 0 Å². The molecule has 3 rings (SSSR count). The Morgan fingerprint density at radius 1 is 0.696 bits per heavy atom. The lowest BCUT2D eigenvalue weighted by molar-refractivity contribution is 0.547. The molecule has 23 heavy (non-hydrogen) atoms. The van der Waals surface area contributed by atoms with Crippen LogP contribution in [0, 0.1) is 47.5 Å². The van der Waals surface area contributed by atoms with Gasteiger partial charge in [-0.1, -0.05) is 26.0 Å². The third-order valence-electron chi connectivity index (χ3n) is 6.34. The Morgan fingerprint density at radius 3 is 1.43 bits per heavy atom. The Kier molecular flexibility index (Phi) is 3.91. The van der Waals surface area contributed by atoms with Crippen molar-refractivity contribution in [3.05, 3.63) is 67.8 Å². The Labute approximate surface area is 141 Å². The van der Waals surface area contributed by atoms with E-state index >= 15 is 0 Å². The highest BCUT2D eigenvalue weighted by Gasteiger charge is 2.31. The lowest BCUT2D eigenvalue weighted by Crippen LogP contribution is -2.21. The van der Waals surface area contributed by atoms with E-state index in [0.29, 0.717) is 11.8 Å². The van der Waals surface area contributed by atoms with E-state index in [2.05, 4.69) is 67.5 Å². The molecule has 122 valence electrons. The predicted octanol–water partition coefficient (Wildman–Crippen LogP) is 6.23. The predicted molar refractivity (Wildman–Crippen MR) is 101 cm³/mol. The van der Waals surface area contributed by atoms with Gasteiger partial charge in [0.25, 0.3) is 0 Å². The fourth-order valence-electron chi connectivity index (χ4n) is 4.42. The summed E-state index contributed by atoms with van der Waals surface area (Å²) in [5, 5.41) is 0. The van der Waals surface area contributed by atoms with Crippen LogP contribution in [-0.2, 0) is 6.42 Å². The van der Waals surface area contributed by atoms with Crippen molar-refractivity contribution < 1.29 is 0 Å². The van der Waals surface area contributed by atoms with E-state index in [1.807, 2.05) is 0 Å². The summed E-state index contributed by atoms with van der Waals surface area (Å²) in [4.78, 5) is 0. The first-order chi connectivity index (χ1) is 10.7. The lowest BCUT2D eigenvalue weighted by Gasteiger charge is -2.35. The molecule has 0 aliphatic heterocycles. The number of aryl methyl sites for hydroxylation is 2. The number of fused-ring (bicyclic) bond motifs is 2. The van der Waals surface area contributed by atoms with Gasteiger partial charge in [-0.25, -0.2) is 0 Å². The van der Waals surface area contributed by atoms with Gasteiger partial charge in [-0.15, -0.1) is 0 Å². The zero-order chi connectivity index (χ0) is 17.0. The maximum Gasteiger partial charge on any atom is 0.0118 e. The standard InChI is InChI=1S/C23H30/c1-12(2)23-21-9-13(3)15(5)17(7)19(21)11-20-18(8)16(6)14(4)10-22(20)23/h9-10,12,23H,11H2,1-8H3. The monoisotopic (exact) mass is 306 g/mol. The second-order valence-electron chi connectivity index (χ2n) is 7.92. The summed E-state index contributed by atoms with van der Waals surface area (Å²) in [5.74, 6) is 1.15. The minimum absolute atomic E-state index is 0.532. The van der Waals surface area contributed by atoms with E-state index in [9.17, 15) is 0 Å². The highest BCUT2D eigenvalue weighted by atomic mass is 14.3. The van der Waals surface area contributed by atoms with Gasteiger partial charge in [0.2, 0.25) is 0 Å². The zero-order valence-electron chi connectivity index (χ0n) is 16.0. The smallest absolute Gasteiger partial charge is 0.0118 e. The van der Waals surface area contributed by atoms with Gasteiger partial charge in [-0.05, 0) is 110 Å². The van der Waals surface area contributed by atoms with E-state index in [0.717, 1.165) is 6.42 Å². The molecule has 0 spiro atoms. The maximum atomic E-state index is 2.47. The van der Waals surface area contributed by atoms with E-state index in [-0.39, 0.29) is 0 Å². The Morgan fingerprint density at radius 2 is 1.09 bits per heavy atom. The largest absolute Gasteiger partial charge is 0.0619 e. The van der Waals surface area contributed by atoms with Gasteiger partial charge in [0.15, 0.2) is 0 Å². The second-order valence-corrected chi connectivity index (χ2v) is 7.92. The van der Waals surface area contributed by atoms with Crippen LogP contribution in [0.1, 0.15) is 75.4 Å². The van der Waals surface area contributed by atoms with Crippen LogP contribution >= 0.6 is 0 Å². The highest BCUT2D eigenvalue weighted by molar-refractivity contribution is 5.59. The highest BCUT2D eigenvalue weighted by Crippen LogP contribution is 2.45. The maximum absolute atomic E-state index is 2.47. The molecule has 0 unspecified atom stereocenters. The quantitative estimate of drug-likeness (QED) is 0.586. The van der Waals surface area contributed by atoms with Crippen molar-refractivity contribution in [1.82, 2.24) is 0 Å². The molecular weight excluding hydrogens is 276 g/mol. The SMILES string of the molecule is Cc1cc2c(c(C)c1C)Cc1c(cc(C)c(C)c1C)C2C(C)C. The van der Waals surface area contributed by atoms with Gasteiger partial charge in [0.05, 0.1) is 0 Å². The summed E-state index contributed by atoms with van der Waals surface area (Å²) in [6, 6.07) is 4.94. The molecule has 0 fully saturated rings. The fourth-order valence-corrected chi connectivity index (χ4v) is 4.42. The van der Waals surface area contributed by atoms with Crippen LogP contribution in [0.25, 0.3) is 0 Å². The summed E-state index contributed by atoms with van der Waals surface area (Å²) in [6.07, 6.45) is 1.10. The average Bonchev–Trinajstić information content (AvgIpc) is 2.49. The molecule has 0 amide bonds. The summed E-state index contributed by atoms with van der Waals surface area (Å²) in [5.41, 5.74) is 15.2. The topological polar surface area (TPSA) is 0 Å². The molecule has 1 aliphatic carbocycles. The molecular formula is C23H30. The summed E-state index contributed by atoms with van der Waals surface area (Å²) < 4.78 is 0. The molecule has 0 bridgehead atoms. The number of rotatable bonds is 1. The number of hydrogen-bond acceptors (Lipinski definition) is 0. The lowest BCUT2D eigenvalue weighted by atomic mass is 9.69. The van der Waals surface area contributed by atoms with E-state index in [4.69, 9.17) is 0 Å². The zero-order valence-corrected chi connectivity index (χ0v) is 16.0. The first kappa shape index (κ1) is 16.3. The van der Waals surface area contributed by atoms with Crippen molar-refractivity contribution in [2.24, 2.45) is 5.92 Å². The summed E-state index contributed by atoms with van der Waals surface area (Å²) in [6.45, 7) is 18.5. The van der Waals surface area contributed by atoms with Crippen LogP contribution in [0.2, 0.25) is 0 Å². The minimum Gasteiger partial charge on any atom is -0.0619 e. The summed E-state index contributed by atoms with van der Waals surface area (Å²) in [7, 11) is 0. The number of hydrogen-bond donors (Lipinski definition) is 0.